The number of hydrogen-bond acceptors (Lipinski definition) is 6. The van der Waals surface area contributed by atoms with Gasteiger partial charge in [0.2, 0.25) is 0 Å². The van der Waals surface area contributed by atoms with Gasteiger partial charge in [-0.15, -0.1) is 0 Å². The van der Waals surface area contributed by atoms with E-state index < -0.39 is 17.4 Å². The first-order chi connectivity index (χ1) is 24.9. The zero-order valence-corrected chi connectivity index (χ0v) is 28.8. The van der Waals surface area contributed by atoms with Crippen molar-refractivity contribution < 1.29 is 9.90 Å². The summed E-state index contributed by atoms with van der Waals surface area (Å²) in [5, 5.41) is 15.1. The second-order valence-corrected chi connectivity index (χ2v) is 14.2. The van der Waals surface area contributed by atoms with Crippen LogP contribution < -0.4 is 5.32 Å². The summed E-state index contributed by atoms with van der Waals surface area (Å²) in [6, 6.07) is 33.0. The Bertz CT molecular complexity index is 2290. The van der Waals surface area contributed by atoms with Gasteiger partial charge in [0.05, 0.1) is 23.1 Å². The molecule has 51 heavy (non-hydrogen) atoms. The van der Waals surface area contributed by atoms with Crippen molar-refractivity contribution in [3.05, 3.63) is 137 Å². The van der Waals surface area contributed by atoms with E-state index in [9.17, 15) is 9.90 Å². The first-order valence-corrected chi connectivity index (χ1v) is 17.8. The summed E-state index contributed by atoms with van der Waals surface area (Å²) < 4.78 is 4.14. The van der Waals surface area contributed by atoms with E-state index >= 15 is 0 Å². The lowest BCUT2D eigenvalue weighted by atomic mass is 9.61. The Morgan fingerprint density at radius 2 is 1.39 bits per heavy atom. The van der Waals surface area contributed by atoms with Crippen molar-refractivity contribution in [3.63, 3.8) is 0 Å². The molecule has 9 nitrogen and oxygen atoms in total. The van der Waals surface area contributed by atoms with Crippen LogP contribution >= 0.6 is 11.6 Å². The van der Waals surface area contributed by atoms with Crippen LogP contribution in [0, 0.1) is 17.8 Å². The van der Waals surface area contributed by atoms with Gasteiger partial charge in [0.25, 0.3) is 0 Å². The number of nitrogens with zero attached hydrogens (tertiary/aromatic N) is 6. The van der Waals surface area contributed by atoms with Crippen LogP contribution in [0.15, 0.2) is 116 Å². The number of aromatic nitrogens is 6. The molecule has 2 atom stereocenters. The molecule has 254 valence electrons. The number of carboxylic acid groups (broad SMARTS) is 1. The topological polar surface area (TPSA) is 111 Å². The second kappa shape index (κ2) is 12.3. The van der Waals surface area contributed by atoms with Gasteiger partial charge in [0, 0.05) is 25.5 Å². The van der Waals surface area contributed by atoms with E-state index in [0.717, 1.165) is 53.4 Å². The molecule has 2 unspecified atom stereocenters. The third-order valence-corrected chi connectivity index (χ3v) is 11.4. The lowest BCUT2D eigenvalue weighted by Crippen LogP contribution is -2.51. The third-order valence-electron chi connectivity index (χ3n) is 11.2. The fraction of sp³-hybridized carbons (Fsp3) is 0.244. The SMILES string of the molecule is Cn1ccc2c(NC3C4CCC(CC4)C3C(=O)O)nc(-c3cn(C(c4ccccc4)(c4ccccc4)c4ccccc4)c4ncc(Cl)nc34)nc21. The van der Waals surface area contributed by atoms with Crippen molar-refractivity contribution >= 4 is 45.6 Å². The quantitative estimate of drug-likeness (QED) is 0.155. The maximum Gasteiger partial charge on any atom is 0.308 e. The number of aryl methyl sites for hydroxylation is 1. The molecular weight excluding hydrogens is 658 g/mol. The molecule has 0 radical (unpaired) electrons. The van der Waals surface area contributed by atoms with Crippen molar-refractivity contribution in [2.24, 2.45) is 24.8 Å². The second-order valence-electron chi connectivity index (χ2n) is 13.9. The molecular formula is C41H36ClN7O2. The highest BCUT2D eigenvalue weighted by Gasteiger charge is 2.48. The molecule has 2 bridgehead atoms. The van der Waals surface area contributed by atoms with Gasteiger partial charge in [0.1, 0.15) is 27.7 Å². The minimum Gasteiger partial charge on any atom is -0.481 e. The molecule has 4 aromatic heterocycles. The van der Waals surface area contributed by atoms with Gasteiger partial charge in [-0.3, -0.25) is 4.79 Å². The fourth-order valence-corrected chi connectivity index (χ4v) is 9.02. The lowest BCUT2D eigenvalue weighted by molar-refractivity contribution is -0.148. The van der Waals surface area contributed by atoms with Crippen LogP contribution in [-0.4, -0.2) is 46.2 Å². The molecule has 3 aromatic carbocycles. The lowest BCUT2D eigenvalue weighted by Gasteiger charge is -2.47. The average Bonchev–Trinajstić information content (AvgIpc) is 3.74. The van der Waals surface area contributed by atoms with Gasteiger partial charge < -0.3 is 19.6 Å². The van der Waals surface area contributed by atoms with Gasteiger partial charge in [-0.2, -0.15) is 0 Å². The van der Waals surface area contributed by atoms with Gasteiger partial charge in [-0.25, -0.2) is 19.9 Å². The molecule has 3 saturated carbocycles. The van der Waals surface area contributed by atoms with Crippen molar-refractivity contribution in [1.29, 1.82) is 0 Å². The van der Waals surface area contributed by atoms with E-state index in [1.807, 2.05) is 48.3 Å². The summed E-state index contributed by atoms with van der Waals surface area (Å²) in [5.41, 5.74) is 4.82. The van der Waals surface area contributed by atoms with Crippen LogP contribution in [0.4, 0.5) is 5.82 Å². The van der Waals surface area contributed by atoms with Crippen LogP contribution in [0.3, 0.4) is 0 Å². The van der Waals surface area contributed by atoms with Crippen LogP contribution in [0.25, 0.3) is 33.6 Å². The highest BCUT2D eigenvalue weighted by atomic mass is 35.5. The number of aliphatic carboxylic acids is 1. The molecule has 0 amide bonds. The highest BCUT2D eigenvalue weighted by Crippen LogP contribution is 2.48. The zero-order chi connectivity index (χ0) is 34.7. The van der Waals surface area contributed by atoms with E-state index in [1.165, 1.54) is 0 Å². The fourth-order valence-electron chi connectivity index (χ4n) is 8.88. The molecule has 10 rings (SSSR count). The van der Waals surface area contributed by atoms with Crippen molar-refractivity contribution in [2.45, 2.75) is 37.3 Å². The Morgan fingerprint density at radius 3 is 1.98 bits per heavy atom. The largest absolute Gasteiger partial charge is 0.481 e. The Hall–Kier alpha value is -5.54. The monoisotopic (exact) mass is 693 g/mol. The number of hydrogen-bond donors (Lipinski definition) is 2. The molecule has 3 fully saturated rings. The normalized spacial score (nSPS) is 20.2. The Labute approximate surface area is 300 Å². The zero-order valence-electron chi connectivity index (χ0n) is 28.0. The molecule has 3 aliphatic rings. The maximum absolute atomic E-state index is 12.6. The van der Waals surface area contributed by atoms with Gasteiger partial charge >= 0.3 is 5.97 Å². The third kappa shape index (κ3) is 5.01. The molecule has 2 N–H and O–H groups in total. The highest BCUT2D eigenvalue weighted by molar-refractivity contribution is 6.29. The number of anilines is 1. The molecule has 10 heteroatoms. The number of rotatable bonds is 8. The van der Waals surface area contributed by atoms with Crippen LogP contribution in [-0.2, 0) is 17.4 Å². The standard InChI is InChI=1S/C41H36ClN7O2/c1-48-22-21-30-36(45-34-26-19-17-25(18-20-26)33(34)40(50)51)46-37(47-38(30)48)31-24-49(39-35(31)44-32(42)23-43-39)41(27-11-5-2-6-12-27,28-13-7-3-8-14-28)29-15-9-4-10-16-29/h2-16,21-26,33-34H,17-20H2,1H3,(H,50,51)(H,45,46,47). The number of carbonyl (C=O) groups is 1. The summed E-state index contributed by atoms with van der Waals surface area (Å²) in [5.74, 6) is 0.286. The first-order valence-electron chi connectivity index (χ1n) is 17.5. The predicted octanol–water partition coefficient (Wildman–Crippen LogP) is 8.17. The summed E-state index contributed by atoms with van der Waals surface area (Å²) >= 11 is 6.60. The van der Waals surface area contributed by atoms with E-state index in [2.05, 4.69) is 82.7 Å². The Kier molecular flexibility index (Phi) is 7.61. The molecule has 4 heterocycles. The van der Waals surface area contributed by atoms with E-state index in [4.69, 9.17) is 31.5 Å². The molecule has 0 saturated heterocycles. The maximum atomic E-state index is 12.6. The van der Waals surface area contributed by atoms with Crippen LogP contribution in [0.2, 0.25) is 5.15 Å². The Balaban J connectivity index is 1.31. The van der Waals surface area contributed by atoms with Crippen molar-refractivity contribution in [3.8, 4) is 11.4 Å². The van der Waals surface area contributed by atoms with Crippen molar-refractivity contribution in [2.75, 3.05) is 5.32 Å². The summed E-state index contributed by atoms with van der Waals surface area (Å²) in [6.45, 7) is 0. The van der Waals surface area contributed by atoms with Gasteiger partial charge in [-0.05, 0) is 60.3 Å². The van der Waals surface area contributed by atoms with Gasteiger partial charge in [0.15, 0.2) is 11.5 Å². The molecule has 0 aliphatic heterocycles. The summed E-state index contributed by atoms with van der Waals surface area (Å²) in [6.07, 6.45) is 9.54. The summed E-state index contributed by atoms with van der Waals surface area (Å²) in [7, 11) is 1.96. The number of fused-ring (bicyclic) bond motifs is 5. The number of benzene rings is 3. The van der Waals surface area contributed by atoms with Crippen LogP contribution in [0.1, 0.15) is 42.4 Å². The van der Waals surface area contributed by atoms with E-state index in [1.54, 1.807) is 6.20 Å². The van der Waals surface area contributed by atoms with E-state index in [0.29, 0.717) is 28.4 Å². The Morgan fingerprint density at radius 1 is 0.804 bits per heavy atom. The van der Waals surface area contributed by atoms with Crippen molar-refractivity contribution in [1.82, 2.24) is 29.1 Å². The molecule has 0 spiro atoms. The number of halogens is 1. The summed E-state index contributed by atoms with van der Waals surface area (Å²) in [4.78, 5) is 32.7. The number of nitrogens with one attached hydrogen (secondary N) is 1. The smallest absolute Gasteiger partial charge is 0.308 e. The van der Waals surface area contributed by atoms with Gasteiger partial charge in [-0.1, -0.05) is 103 Å². The molecule has 3 aliphatic carbocycles. The predicted molar refractivity (Wildman–Crippen MR) is 199 cm³/mol. The minimum atomic E-state index is -0.866. The molecule has 7 aromatic rings. The minimum absolute atomic E-state index is 0.162. The van der Waals surface area contributed by atoms with Crippen LogP contribution in [0.5, 0.6) is 0 Å². The van der Waals surface area contributed by atoms with E-state index in [-0.39, 0.29) is 23.0 Å². The number of carboxylic acids is 1. The first kappa shape index (κ1) is 31.4. The average molecular weight is 694 g/mol.